The molecule has 3 nitrogen and oxygen atoms in total. The first-order chi connectivity index (χ1) is 8.61. The molecule has 1 heterocycles. The maximum atomic E-state index is 6.36. The monoisotopic (exact) mass is 268 g/mol. The number of ether oxygens (including phenoxy) is 1. The van der Waals surface area contributed by atoms with Gasteiger partial charge in [0.25, 0.3) is 0 Å². The van der Waals surface area contributed by atoms with E-state index in [2.05, 4.69) is 24.0 Å². The third kappa shape index (κ3) is 2.97. The van der Waals surface area contributed by atoms with Crippen LogP contribution in [0.3, 0.4) is 0 Å². The zero-order valence-electron chi connectivity index (χ0n) is 11.0. The molecular formula is C14H21ClN2O. The molecular weight excluding hydrogens is 248 g/mol. The highest BCUT2D eigenvalue weighted by molar-refractivity contribution is 6.33. The summed E-state index contributed by atoms with van der Waals surface area (Å²) in [5, 5.41) is 0.779. The van der Waals surface area contributed by atoms with Gasteiger partial charge < -0.3 is 15.4 Å². The highest BCUT2D eigenvalue weighted by atomic mass is 35.5. The van der Waals surface area contributed by atoms with Crippen molar-refractivity contribution in [3.8, 4) is 0 Å². The molecule has 0 spiro atoms. The lowest BCUT2D eigenvalue weighted by Crippen LogP contribution is -2.42. The van der Waals surface area contributed by atoms with Crippen molar-refractivity contribution in [2.75, 3.05) is 24.6 Å². The van der Waals surface area contributed by atoms with Crippen LogP contribution in [0.15, 0.2) is 18.2 Å². The Morgan fingerprint density at radius 1 is 1.56 bits per heavy atom. The summed E-state index contributed by atoms with van der Waals surface area (Å²) < 4.78 is 5.68. The molecule has 2 rings (SSSR count). The van der Waals surface area contributed by atoms with Crippen LogP contribution in [0.4, 0.5) is 5.69 Å². The van der Waals surface area contributed by atoms with Crippen LogP contribution in [0, 0.1) is 0 Å². The number of benzene rings is 1. The van der Waals surface area contributed by atoms with Crippen molar-refractivity contribution >= 4 is 17.3 Å². The van der Waals surface area contributed by atoms with E-state index < -0.39 is 0 Å². The predicted molar refractivity (Wildman–Crippen MR) is 76.3 cm³/mol. The number of nitrogens with zero attached hydrogens (tertiary/aromatic N) is 1. The molecule has 0 bridgehead atoms. The van der Waals surface area contributed by atoms with Crippen molar-refractivity contribution in [2.45, 2.75) is 32.4 Å². The van der Waals surface area contributed by atoms with Gasteiger partial charge in [-0.25, -0.2) is 0 Å². The van der Waals surface area contributed by atoms with Crippen LogP contribution in [0.2, 0.25) is 5.02 Å². The van der Waals surface area contributed by atoms with Gasteiger partial charge in [0.2, 0.25) is 0 Å². The molecule has 0 saturated carbocycles. The molecule has 2 unspecified atom stereocenters. The SMILES string of the molecule is CCC1CN(c2ccc(C(C)N)cc2Cl)CCO1. The van der Waals surface area contributed by atoms with Crippen molar-refractivity contribution in [3.63, 3.8) is 0 Å². The summed E-state index contributed by atoms with van der Waals surface area (Å²) in [6, 6.07) is 6.11. The first kappa shape index (κ1) is 13.7. The molecule has 100 valence electrons. The molecule has 0 radical (unpaired) electrons. The molecule has 18 heavy (non-hydrogen) atoms. The van der Waals surface area contributed by atoms with E-state index in [0.29, 0.717) is 6.10 Å². The van der Waals surface area contributed by atoms with Crippen LogP contribution in [-0.2, 0) is 4.74 Å². The molecule has 1 aromatic rings. The summed E-state index contributed by atoms with van der Waals surface area (Å²) in [6.07, 6.45) is 1.34. The van der Waals surface area contributed by atoms with Gasteiger partial charge in [-0.3, -0.25) is 0 Å². The van der Waals surface area contributed by atoms with E-state index in [1.54, 1.807) is 0 Å². The predicted octanol–water partition coefficient (Wildman–Crippen LogP) is 2.97. The largest absolute Gasteiger partial charge is 0.375 e. The summed E-state index contributed by atoms with van der Waals surface area (Å²) in [5.41, 5.74) is 8.02. The van der Waals surface area contributed by atoms with Gasteiger partial charge in [0.05, 0.1) is 23.4 Å². The van der Waals surface area contributed by atoms with Crippen LogP contribution >= 0.6 is 11.6 Å². The fourth-order valence-corrected chi connectivity index (χ4v) is 2.56. The second kappa shape index (κ2) is 5.91. The molecule has 0 amide bonds. The highest BCUT2D eigenvalue weighted by Gasteiger charge is 2.21. The molecule has 1 aromatic carbocycles. The minimum atomic E-state index is 0.0182. The Balaban J connectivity index is 2.17. The Labute approximate surface area is 114 Å². The third-order valence-electron chi connectivity index (χ3n) is 3.43. The van der Waals surface area contributed by atoms with Crippen LogP contribution in [0.1, 0.15) is 31.9 Å². The lowest BCUT2D eigenvalue weighted by atomic mass is 10.1. The molecule has 1 aliphatic heterocycles. The van der Waals surface area contributed by atoms with Crippen molar-refractivity contribution in [1.29, 1.82) is 0 Å². The number of hydrogen-bond donors (Lipinski definition) is 1. The standard InChI is InChI=1S/C14H21ClN2O/c1-3-12-9-17(6-7-18-12)14-5-4-11(10(2)16)8-13(14)15/h4-5,8,10,12H,3,6-7,9,16H2,1-2H3. The van der Waals surface area contributed by atoms with Crippen LogP contribution < -0.4 is 10.6 Å². The molecule has 0 aromatic heterocycles. The van der Waals surface area contributed by atoms with Crippen molar-refractivity contribution in [1.82, 2.24) is 0 Å². The minimum Gasteiger partial charge on any atom is -0.375 e. The molecule has 2 N–H and O–H groups in total. The van der Waals surface area contributed by atoms with E-state index >= 15 is 0 Å². The van der Waals surface area contributed by atoms with E-state index in [9.17, 15) is 0 Å². The Morgan fingerprint density at radius 3 is 2.94 bits per heavy atom. The van der Waals surface area contributed by atoms with Crippen LogP contribution in [0.5, 0.6) is 0 Å². The summed E-state index contributed by atoms with van der Waals surface area (Å²) in [7, 11) is 0. The number of rotatable bonds is 3. The zero-order valence-corrected chi connectivity index (χ0v) is 11.8. The van der Waals surface area contributed by atoms with Crippen LogP contribution in [0.25, 0.3) is 0 Å². The number of morpholine rings is 1. The van der Waals surface area contributed by atoms with E-state index in [1.807, 2.05) is 13.0 Å². The van der Waals surface area contributed by atoms with Gasteiger partial charge in [-0.1, -0.05) is 24.6 Å². The average Bonchev–Trinajstić information content (AvgIpc) is 2.38. The Kier molecular flexibility index (Phi) is 4.49. The van der Waals surface area contributed by atoms with E-state index in [0.717, 1.165) is 42.4 Å². The summed E-state index contributed by atoms with van der Waals surface area (Å²) in [6.45, 7) is 6.69. The number of hydrogen-bond acceptors (Lipinski definition) is 3. The van der Waals surface area contributed by atoms with E-state index in [-0.39, 0.29) is 6.04 Å². The smallest absolute Gasteiger partial charge is 0.0748 e. The van der Waals surface area contributed by atoms with Crippen molar-refractivity contribution < 1.29 is 4.74 Å². The van der Waals surface area contributed by atoms with Gasteiger partial charge in [0.15, 0.2) is 0 Å². The van der Waals surface area contributed by atoms with Crippen molar-refractivity contribution in [2.24, 2.45) is 5.73 Å². The van der Waals surface area contributed by atoms with E-state index in [4.69, 9.17) is 22.1 Å². The van der Waals surface area contributed by atoms with Gasteiger partial charge in [-0.15, -0.1) is 0 Å². The molecule has 1 saturated heterocycles. The topological polar surface area (TPSA) is 38.5 Å². The second-order valence-corrected chi connectivity index (χ2v) is 5.25. The zero-order chi connectivity index (χ0) is 13.1. The minimum absolute atomic E-state index is 0.0182. The van der Waals surface area contributed by atoms with Gasteiger partial charge >= 0.3 is 0 Å². The number of nitrogens with two attached hydrogens (primary N) is 1. The summed E-state index contributed by atoms with van der Waals surface area (Å²) in [5.74, 6) is 0. The summed E-state index contributed by atoms with van der Waals surface area (Å²) in [4.78, 5) is 2.30. The van der Waals surface area contributed by atoms with Gasteiger partial charge in [0.1, 0.15) is 0 Å². The normalized spacial score (nSPS) is 22.0. The molecule has 1 aliphatic rings. The molecule has 0 aliphatic carbocycles. The molecule has 1 fully saturated rings. The lowest BCUT2D eigenvalue weighted by molar-refractivity contribution is 0.0384. The first-order valence-corrected chi connectivity index (χ1v) is 6.91. The maximum absolute atomic E-state index is 6.36. The van der Waals surface area contributed by atoms with Gasteiger partial charge in [0, 0.05) is 19.1 Å². The quantitative estimate of drug-likeness (QED) is 0.916. The Bertz CT molecular complexity index is 409. The molecule has 4 heteroatoms. The van der Waals surface area contributed by atoms with E-state index in [1.165, 1.54) is 0 Å². The fourth-order valence-electron chi connectivity index (χ4n) is 2.25. The third-order valence-corrected chi connectivity index (χ3v) is 3.74. The Hall–Kier alpha value is -0.770. The first-order valence-electron chi connectivity index (χ1n) is 6.53. The van der Waals surface area contributed by atoms with Gasteiger partial charge in [-0.05, 0) is 31.0 Å². The molecule has 2 atom stereocenters. The lowest BCUT2D eigenvalue weighted by Gasteiger charge is -2.34. The van der Waals surface area contributed by atoms with Gasteiger partial charge in [-0.2, -0.15) is 0 Å². The second-order valence-electron chi connectivity index (χ2n) is 4.85. The number of halogens is 1. The fraction of sp³-hybridized carbons (Fsp3) is 0.571. The van der Waals surface area contributed by atoms with Crippen LogP contribution in [-0.4, -0.2) is 25.8 Å². The summed E-state index contributed by atoms with van der Waals surface area (Å²) >= 11 is 6.36. The Morgan fingerprint density at radius 2 is 2.33 bits per heavy atom. The maximum Gasteiger partial charge on any atom is 0.0748 e. The number of anilines is 1. The average molecular weight is 269 g/mol. The van der Waals surface area contributed by atoms with Crippen molar-refractivity contribution in [3.05, 3.63) is 28.8 Å². The highest BCUT2D eigenvalue weighted by Crippen LogP contribution is 2.30.